The summed E-state index contributed by atoms with van der Waals surface area (Å²) >= 11 is 0. The molecule has 1 saturated heterocycles. The van der Waals surface area contributed by atoms with Crippen LogP contribution in [0.1, 0.15) is 13.3 Å². The van der Waals surface area contributed by atoms with E-state index in [4.69, 9.17) is 5.73 Å². The van der Waals surface area contributed by atoms with Crippen LogP contribution in [0.15, 0.2) is 11.0 Å². The van der Waals surface area contributed by atoms with Gasteiger partial charge in [-0.25, -0.2) is 26.0 Å². The Balaban J connectivity index is 0.00000242. The summed E-state index contributed by atoms with van der Waals surface area (Å²) in [4.78, 5) is -1.60. The second kappa shape index (κ2) is 6.31. The zero-order valence-corrected chi connectivity index (χ0v) is 13.2. The van der Waals surface area contributed by atoms with Crippen LogP contribution >= 0.6 is 12.4 Å². The summed E-state index contributed by atoms with van der Waals surface area (Å²) in [5, 5.41) is 0. The lowest BCUT2D eigenvalue weighted by Gasteiger charge is -2.22. The number of benzene rings is 1. The fraction of sp³-hybridized carbons (Fsp3) is 0.500. The summed E-state index contributed by atoms with van der Waals surface area (Å²) in [6.45, 7) is 1.82. The fourth-order valence-electron chi connectivity index (χ4n) is 2.26. The lowest BCUT2D eigenvalue weighted by Crippen LogP contribution is -2.35. The Labute approximate surface area is 131 Å². The number of sulfonamides is 1. The first kappa shape index (κ1) is 19.1. The molecule has 0 aromatic heterocycles. The molecule has 1 atom stereocenters. The third-order valence-electron chi connectivity index (χ3n) is 3.69. The van der Waals surface area contributed by atoms with Crippen LogP contribution in [-0.2, 0) is 10.0 Å². The van der Waals surface area contributed by atoms with Gasteiger partial charge in [-0.3, -0.25) is 0 Å². The highest BCUT2D eigenvalue weighted by molar-refractivity contribution is 7.89. The Kier molecular flexibility index (Phi) is 5.49. The zero-order valence-electron chi connectivity index (χ0n) is 11.6. The van der Waals surface area contributed by atoms with E-state index in [1.807, 2.05) is 0 Å². The number of nitrogens with zero attached hydrogens (tertiary/aromatic N) is 1. The van der Waals surface area contributed by atoms with Gasteiger partial charge in [-0.2, -0.15) is 4.31 Å². The van der Waals surface area contributed by atoms with E-state index in [-0.39, 0.29) is 38.1 Å². The predicted octanol–water partition coefficient (Wildman–Crippen LogP) is 2.02. The standard InChI is InChI=1S/C12H14F4N2O2S.ClH/c1-12(5-17)2-3-18(6-12)21(19,20)11-9(15)7(13)4-8(14)10(11)16;/h4H,2-3,5-6,17H2,1H3;1H. The van der Waals surface area contributed by atoms with E-state index in [9.17, 15) is 26.0 Å². The van der Waals surface area contributed by atoms with Crippen LogP contribution in [-0.4, -0.2) is 32.4 Å². The molecule has 0 radical (unpaired) electrons. The number of hydrogen-bond acceptors (Lipinski definition) is 3. The third kappa shape index (κ3) is 3.08. The number of hydrogen-bond donors (Lipinski definition) is 1. The van der Waals surface area contributed by atoms with Crippen molar-refractivity contribution in [3.05, 3.63) is 29.3 Å². The van der Waals surface area contributed by atoms with Gasteiger partial charge in [0.15, 0.2) is 28.2 Å². The monoisotopic (exact) mass is 362 g/mol. The van der Waals surface area contributed by atoms with Crippen molar-refractivity contribution in [3.8, 4) is 0 Å². The zero-order chi connectivity index (χ0) is 16.0. The fourth-order valence-corrected chi connectivity index (χ4v) is 3.98. The minimum absolute atomic E-state index is 0. The van der Waals surface area contributed by atoms with Crippen molar-refractivity contribution >= 4 is 22.4 Å². The predicted molar refractivity (Wildman–Crippen MR) is 74.1 cm³/mol. The van der Waals surface area contributed by atoms with Gasteiger partial charge < -0.3 is 5.73 Å². The molecule has 1 aliphatic rings. The minimum Gasteiger partial charge on any atom is -0.330 e. The smallest absolute Gasteiger partial charge is 0.249 e. The Hall–Kier alpha value is -0.900. The maximum absolute atomic E-state index is 13.7. The molecule has 1 aliphatic heterocycles. The van der Waals surface area contributed by atoms with Crippen LogP contribution in [0.2, 0.25) is 0 Å². The number of rotatable bonds is 3. The first-order valence-corrected chi connectivity index (χ1v) is 7.59. The highest BCUT2D eigenvalue weighted by atomic mass is 35.5. The highest BCUT2D eigenvalue weighted by Gasteiger charge is 2.42. The average Bonchev–Trinajstić information content (AvgIpc) is 2.81. The van der Waals surface area contributed by atoms with Gasteiger partial charge in [0.2, 0.25) is 10.0 Å². The molecule has 0 aliphatic carbocycles. The second-order valence-corrected chi connectivity index (χ2v) is 7.28. The van der Waals surface area contributed by atoms with Crippen LogP contribution in [0.25, 0.3) is 0 Å². The molecule has 0 bridgehead atoms. The van der Waals surface area contributed by atoms with E-state index in [1.165, 1.54) is 0 Å². The SMILES string of the molecule is CC1(CN)CCN(S(=O)(=O)c2c(F)c(F)cc(F)c2F)C1.Cl. The van der Waals surface area contributed by atoms with Crippen molar-refractivity contribution in [2.75, 3.05) is 19.6 Å². The van der Waals surface area contributed by atoms with E-state index in [1.54, 1.807) is 6.92 Å². The van der Waals surface area contributed by atoms with Crippen molar-refractivity contribution in [1.29, 1.82) is 0 Å². The number of nitrogens with two attached hydrogens (primary N) is 1. The normalized spacial score (nSPS) is 22.6. The van der Waals surface area contributed by atoms with Crippen molar-refractivity contribution in [2.45, 2.75) is 18.2 Å². The molecule has 0 spiro atoms. The summed E-state index contributed by atoms with van der Waals surface area (Å²) in [5.41, 5.74) is 4.99. The molecule has 0 saturated carbocycles. The maximum atomic E-state index is 13.7. The Bertz CT molecular complexity index is 660. The molecule has 1 aromatic carbocycles. The molecule has 0 amide bonds. The van der Waals surface area contributed by atoms with Crippen molar-refractivity contribution in [1.82, 2.24) is 4.31 Å². The van der Waals surface area contributed by atoms with Gasteiger partial charge in [0.05, 0.1) is 0 Å². The average molecular weight is 363 g/mol. The van der Waals surface area contributed by atoms with Gasteiger partial charge in [0.1, 0.15) is 0 Å². The van der Waals surface area contributed by atoms with Gasteiger partial charge >= 0.3 is 0 Å². The van der Waals surface area contributed by atoms with E-state index >= 15 is 0 Å². The summed E-state index contributed by atoms with van der Waals surface area (Å²) in [6.07, 6.45) is 0.393. The Morgan fingerprint density at radius 3 is 2.14 bits per heavy atom. The van der Waals surface area contributed by atoms with Gasteiger partial charge in [-0.05, 0) is 18.4 Å². The van der Waals surface area contributed by atoms with E-state index < -0.39 is 43.6 Å². The van der Waals surface area contributed by atoms with Crippen LogP contribution in [0, 0.1) is 28.7 Å². The molecule has 2 rings (SSSR count). The Morgan fingerprint density at radius 2 is 1.73 bits per heavy atom. The van der Waals surface area contributed by atoms with Gasteiger partial charge in [-0.1, -0.05) is 6.92 Å². The first-order valence-electron chi connectivity index (χ1n) is 6.15. The summed E-state index contributed by atoms with van der Waals surface area (Å²) in [6, 6.07) is -0.0301. The molecule has 10 heteroatoms. The lowest BCUT2D eigenvalue weighted by atomic mass is 9.90. The molecule has 1 fully saturated rings. The summed E-state index contributed by atoms with van der Waals surface area (Å²) in [7, 11) is -4.68. The molecular formula is C12H15ClF4N2O2S. The summed E-state index contributed by atoms with van der Waals surface area (Å²) in [5.74, 6) is -7.35. The van der Waals surface area contributed by atoms with Gasteiger partial charge in [0.25, 0.3) is 0 Å². The molecular weight excluding hydrogens is 348 g/mol. The maximum Gasteiger partial charge on any atom is 0.249 e. The molecule has 1 heterocycles. The molecule has 126 valence electrons. The van der Waals surface area contributed by atoms with Crippen LogP contribution < -0.4 is 5.73 Å². The number of halogens is 5. The molecule has 4 nitrogen and oxygen atoms in total. The van der Waals surface area contributed by atoms with E-state index in [0.29, 0.717) is 6.42 Å². The quantitative estimate of drug-likeness (QED) is 0.661. The van der Waals surface area contributed by atoms with Crippen LogP contribution in [0.3, 0.4) is 0 Å². The second-order valence-electron chi connectivity index (χ2n) is 5.40. The largest absolute Gasteiger partial charge is 0.330 e. The lowest BCUT2D eigenvalue weighted by molar-refractivity contribution is 0.346. The van der Waals surface area contributed by atoms with Crippen LogP contribution in [0.5, 0.6) is 0 Å². The minimum atomic E-state index is -4.68. The topological polar surface area (TPSA) is 63.4 Å². The van der Waals surface area contributed by atoms with Crippen molar-refractivity contribution < 1.29 is 26.0 Å². The Morgan fingerprint density at radius 1 is 1.23 bits per heavy atom. The molecule has 22 heavy (non-hydrogen) atoms. The highest BCUT2D eigenvalue weighted by Crippen LogP contribution is 2.34. The first-order chi connectivity index (χ1) is 9.62. The molecule has 1 aromatic rings. The molecule has 2 N–H and O–H groups in total. The van der Waals surface area contributed by atoms with Crippen molar-refractivity contribution in [2.24, 2.45) is 11.1 Å². The van der Waals surface area contributed by atoms with E-state index in [0.717, 1.165) is 4.31 Å². The van der Waals surface area contributed by atoms with E-state index in [2.05, 4.69) is 0 Å². The van der Waals surface area contributed by atoms with Crippen LogP contribution in [0.4, 0.5) is 17.6 Å². The van der Waals surface area contributed by atoms with Gasteiger partial charge in [-0.15, -0.1) is 12.4 Å². The van der Waals surface area contributed by atoms with Crippen molar-refractivity contribution in [3.63, 3.8) is 0 Å². The summed E-state index contributed by atoms with van der Waals surface area (Å²) < 4.78 is 79.0. The molecule has 1 unspecified atom stereocenters. The third-order valence-corrected chi connectivity index (χ3v) is 5.55. The van der Waals surface area contributed by atoms with Gasteiger partial charge in [0, 0.05) is 19.2 Å².